The largest absolute Gasteiger partial charge is 0.466 e. The van der Waals surface area contributed by atoms with Crippen molar-refractivity contribution in [1.29, 1.82) is 0 Å². The van der Waals surface area contributed by atoms with Gasteiger partial charge in [-0.1, -0.05) is 0 Å². The zero-order valence-corrected chi connectivity index (χ0v) is 13.3. The molecule has 0 aliphatic carbocycles. The van der Waals surface area contributed by atoms with Crippen molar-refractivity contribution in [3.63, 3.8) is 0 Å². The number of rotatable bonds is 3. The molecule has 122 valence electrons. The fourth-order valence-electron chi connectivity index (χ4n) is 3.04. The second-order valence-corrected chi connectivity index (χ2v) is 5.35. The summed E-state index contributed by atoms with van der Waals surface area (Å²) in [6.45, 7) is 5.46. The van der Waals surface area contributed by atoms with Crippen molar-refractivity contribution in [3.05, 3.63) is 11.3 Å². The number of fused-ring (bicyclic) bond motifs is 2. The van der Waals surface area contributed by atoms with Crippen molar-refractivity contribution in [1.82, 2.24) is 0 Å². The van der Waals surface area contributed by atoms with E-state index in [-0.39, 0.29) is 11.3 Å². The summed E-state index contributed by atoms with van der Waals surface area (Å²) in [5, 5.41) is 0. The van der Waals surface area contributed by atoms with Crippen LogP contribution in [0.1, 0.15) is 27.7 Å². The lowest BCUT2D eigenvalue weighted by Crippen LogP contribution is -2.61. The van der Waals surface area contributed by atoms with E-state index in [1.165, 1.54) is 27.9 Å². The van der Waals surface area contributed by atoms with Crippen molar-refractivity contribution in [2.24, 2.45) is 0 Å². The van der Waals surface area contributed by atoms with Crippen LogP contribution in [-0.4, -0.2) is 49.1 Å². The average molecular weight is 314 g/mol. The Balaban J connectivity index is 2.66. The summed E-state index contributed by atoms with van der Waals surface area (Å²) in [5.41, 5.74) is -2.20. The van der Waals surface area contributed by atoms with E-state index in [0.29, 0.717) is 0 Å². The van der Waals surface area contributed by atoms with Crippen molar-refractivity contribution in [2.75, 3.05) is 14.2 Å². The highest BCUT2D eigenvalue weighted by Crippen LogP contribution is 2.54. The standard InChI is InChI=1S/C14H18O8/c1-7-9(10(16)18-5)12(3)21-13(4,20-7)14(22-12,8(2)15)11(17)19-6/h1-6H3/t12-,13+,14-/m0/s1. The number of carbonyl (C=O) groups is 3. The molecule has 2 heterocycles. The minimum Gasteiger partial charge on any atom is -0.466 e. The number of hydrogen-bond donors (Lipinski definition) is 0. The molecular weight excluding hydrogens is 296 g/mol. The number of carbonyl (C=O) groups excluding carboxylic acids is 3. The van der Waals surface area contributed by atoms with E-state index < -0.39 is 34.9 Å². The monoisotopic (exact) mass is 314 g/mol. The topological polar surface area (TPSA) is 97.4 Å². The molecule has 0 aromatic heterocycles. The van der Waals surface area contributed by atoms with E-state index >= 15 is 0 Å². The van der Waals surface area contributed by atoms with E-state index in [9.17, 15) is 14.4 Å². The first-order chi connectivity index (χ1) is 10.1. The van der Waals surface area contributed by atoms with Crippen LogP contribution in [-0.2, 0) is 38.1 Å². The van der Waals surface area contributed by atoms with Gasteiger partial charge in [-0.05, 0) is 20.8 Å². The van der Waals surface area contributed by atoms with Crippen LogP contribution in [0.5, 0.6) is 0 Å². The Labute approximate surface area is 127 Å². The van der Waals surface area contributed by atoms with Gasteiger partial charge >= 0.3 is 11.9 Å². The molecule has 3 atom stereocenters. The number of ketones is 1. The molecule has 0 radical (unpaired) electrons. The molecule has 2 rings (SSSR count). The summed E-state index contributed by atoms with van der Waals surface area (Å²) < 4.78 is 26.3. The third kappa shape index (κ3) is 1.80. The van der Waals surface area contributed by atoms with Crippen LogP contribution in [0, 0.1) is 0 Å². The first-order valence-electron chi connectivity index (χ1n) is 6.56. The van der Waals surface area contributed by atoms with Gasteiger partial charge < -0.3 is 23.7 Å². The van der Waals surface area contributed by atoms with E-state index in [1.54, 1.807) is 0 Å². The molecular formula is C14H18O8. The molecule has 0 aromatic carbocycles. The van der Waals surface area contributed by atoms with E-state index in [1.807, 2.05) is 0 Å². The van der Waals surface area contributed by atoms with Gasteiger partial charge in [0.15, 0.2) is 5.78 Å². The first-order valence-corrected chi connectivity index (χ1v) is 6.56. The predicted octanol–water partition coefficient (Wildman–Crippen LogP) is 0.444. The minimum absolute atomic E-state index is 0.0560. The second-order valence-electron chi connectivity index (χ2n) is 5.35. The first kappa shape index (κ1) is 16.4. The summed E-state index contributed by atoms with van der Waals surface area (Å²) in [4.78, 5) is 36.4. The van der Waals surface area contributed by atoms with Gasteiger partial charge in [-0.15, -0.1) is 0 Å². The Morgan fingerprint density at radius 1 is 1.05 bits per heavy atom. The molecule has 0 aromatic rings. The summed E-state index contributed by atoms with van der Waals surface area (Å²) >= 11 is 0. The van der Waals surface area contributed by atoms with Gasteiger partial charge in [-0.3, -0.25) is 4.79 Å². The molecule has 0 N–H and O–H groups in total. The highest BCUT2D eigenvalue weighted by molar-refractivity contribution is 6.08. The summed E-state index contributed by atoms with van der Waals surface area (Å²) in [5.74, 6) is -5.66. The molecule has 2 aliphatic rings. The van der Waals surface area contributed by atoms with Crippen LogP contribution >= 0.6 is 0 Å². The maximum absolute atomic E-state index is 12.3. The van der Waals surface area contributed by atoms with E-state index in [4.69, 9.17) is 18.9 Å². The highest BCUT2D eigenvalue weighted by atomic mass is 16.9. The quantitative estimate of drug-likeness (QED) is 0.547. The van der Waals surface area contributed by atoms with Gasteiger partial charge in [-0.2, -0.15) is 0 Å². The van der Waals surface area contributed by atoms with Crippen molar-refractivity contribution in [3.8, 4) is 0 Å². The van der Waals surface area contributed by atoms with Gasteiger partial charge in [0.05, 0.1) is 14.2 Å². The van der Waals surface area contributed by atoms with Crippen molar-refractivity contribution in [2.45, 2.75) is 44.9 Å². The Morgan fingerprint density at radius 2 is 1.64 bits per heavy atom. The highest BCUT2D eigenvalue weighted by Gasteiger charge is 2.76. The van der Waals surface area contributed by atoms with Crippen LogP contribution in [0.3, 0.4) is 0 Å². The maximum Gasteiger partial charge on any atom is 0.353 e. The molecule has 0 saturated carbocycles. The van der Waals surface area contributed by atoms with Gasteiger partial charge in [0.1, 0.15) is 11.3 Å². The third-order valence-corrected chi connectivity index (χ3v) is 3.89. The smallest absolute Gasteiger partial charge is 0.353 e. The van der Waals surface area contributed by atoms with Crippen LogP contribution in [0.4, 0.5) is 0 Å². The zero-order valence-electron chi connectivity index (χ0n) is 13.3. The number of methoxy groups -OCH3 is 2. The van der Waals surface area contributed by atoms with Gasteiger partial charge in [0, 0.05) is 6.92 Å². The molecule has 8 heteroatoms. The summed E-state index contributed by atoms with van der Waals surface area (Å²) in [7, 11) is 2.30. The fourth-order valence-corrected chi connectivity index (χ4v) is 3.04. The van der Waals surface area contributed by atoms with Crippen LogP contribution < -0.4 is 0 Å². The van der Waals surface area contributed by atoms with Crippen LogP contribution in [0.15, 0.2) is 11.3 Å². The lowest BCUT2D eigenvalue weighted by molar-refractivity contribution is -0.249. The lowest BCUT2D eigenvalue weighted by Gasteiger charge is -2.37. The van der Waals surface area contributed by atoms with E-state index in [2.05, 4.69) is 4.74 Å². The normalized spacial score (nSPS) is 36.6. The molecule has 0 spiro atoms. The molecule has 2 aliphatic heterocycles. The van der Waals surface area contributed by atoms with E-state index in [0.717, 1.165) is 14.0 Å². The Morgan fingerprint density at radius 3 is 2.09 bits per heavy atom. The number of hydrogen-bond acceptors (Lipinski definition) is 8. The van der Waals surface area contributed by atoms with Gasteiger partial charge in [0.2, 0.25) is 5.79 Å². The summed E-state index contributed by atoms with van der Waals surface area (Å²) in [6, 6.07) is 0. The molecule has 0 unspecified atom stereocenters. The number of Topliss-reactive ketones (excluding diaryl/α,β-unsaturated/α-hetero) is 1. The third-order valence-electron chi connectivity index (χ3n) is 3.89. The molecule has 22 heavy (non-hydrogen) atoms. The molecule has 1 saturated heterocycles. The number of allylic oxidation sites excluding steroid dienone is 1. The number of esters is 2. The Kier molecular flexibility index (Phi) is 3.58. The predicted molar refractivity (Wildman–Crippen MR) is 70.2 cm³/mol. The van der Waals surface area contributed by atoms with Crippen molar-refractivity contribution < 1.29 is 38.1 Å². The van der Waals surface area contributed by atoms with Crippen LogP contribution in [0.2, 0.25) is 0 Å². The molecule has 2 bridgehead atoms. The van der Waals surface area contributed by atoms with Crippen LogP contribution in [0.25, 0.3) is 0 Å². The fraction of sp³-hybridized carbons (Fsp3) is 0.643. The zero-order chi connectivity index (χ0) is 16.9. The molecule has 1 fully saturated rings. The molecule has 0 amide bonds. The van der Waals surface area contributed by atoms with Gasteiger partial charge in [0.25, 0.3) is 11.4 Å². The minimum atomic E-state index is -2.15. The van der Waals surface area contributed by atoms with Crippen molar-refractivity contribution >= 4 is 17.7 Å². The Bertz CT molecular complexity index is 594. The summed E-state index contributed by atoms with van der Waals surface area (Å²) in [6.07, 6.45) is 0. The second kappa shape index (κ2) is 4.79. The number of ether oxygens (including phenoxy) is 5. The lowest BCUT2D eigenvalue weighted by atomic mass is 9.90. The maximum atomic E-state index is 12.3. The molecule has 8 nitrogen and oxygen atoms in total. The SMILES string of the molecule is COC(=O)C1=C(C)O[C@]2(C)O[C@@]1(C)O[C@@]2(C(C)=O)C(=O)OC. The Hall–Kier alpha value is -1.93. The van der Waals surface area contributed by atoms with Gasteiger partial charge in [-0.25, -0.2) is 9.59 Å². The average Bonchev–Trinajstić information content (AvgIpc) is 2.61.